The molecule has 5 rings (SSSR count). The Balaban J connectivity index is 1.08. The van der Waals surface area contributed by atoms with E-state index in [4.69, 9.17) is 16.3 Å². The highest BCUT2D eigenvalue weighted by molar-refractivity contribution is 6.31. The van der Waals surface area contributed by atoms with Gasteiger partial charge in [0.2, 0.25) is 11.9 Å². The summed E-state index contributed by atoms with van der Waals surface area (Å²) in [4.78, 5) is 25.9. The fraction of sp³-hybridized carbons (Fsp3) is 0.591. The zero-order chi connectivity index (χ0) is 21.6. The fourth-order valence-electron chi connectivity index (χ4n) is 4.98. The molecule has 9 heteroatoms. The number of aliphatic imine (C=N–C) groups is 2. The Bertz CT molecular complexity index is 931. The van der Waals surface area contributed by atoms with Gasteiger partial charge >= 0.3 is 0 Å². The largest absolute Gasteiger partial charge is 0.386 e. The van der Waals surface area contributed by atoms with E-state index in [1.807, 2.05) is 36.2 Å². The highest BCUT2D eigenvalue weighted by atomic mass is 35.5. The van der Waals surface area contributed by atoms with E-state index in [0.717, 1.165) is 43.7 Å². The van der Waals surface area contributed by atoms with Gasteiger partial charge in [-0.15, -0.1) is 0 Å². The van der Waals surface area contributed by atoms with Crippen molar-refractivity contribution < 1.29 is 14.6 Å². The molecule has 0 aromatic heterocycles. The Morgan fingerprint density at radius 2 is 2.10 bits per heavy atom. The minimum atomic E-state index is -0.633. The summed E-state index contributed by atoms with van der Waals surface area (Å²) in [5, 5.41) is 13.5. The predicted molar refractivity (Wildman–Crippen MR) is 120 cm³/mol. The van der Waals surface area contributed by atoms with Crippen LogP contribution in [0.2, 0.25) is 5.02 Å². The molecule has 4 aliphatic heterocycles. The Hall–Kier alpha value is -2.00. The van der Waals surface area contributed by atoms with E-state index in [0.29, 0.717) is 37.2 Å². The number of β-amino-alcohol motifs (C(OH)–C–C–N with tert-alkyl or cyclic N) is 1. The summed E-state index contributed by atoms with van der Waals surface area (Å²) >= 11 is 6.20. The first-order valence-electron chi connectivity index (χ1n) is 10.9. The van der Waals surface area contributed by atoms with Gasteiger partial charge in [-0.3, -0.25) is 4.79 Å². The summed E-state index contributed by atoms with van der Waals surface area (Å²) in [6, 6.07) is 5.65. The number of fused-ring (bicyclic) bond motifs is 2. The number of anilines is 1. The Kier molecular flexibility index (Phi) is 5.29. The van der Waals surface area contributed by atoms with Crippen LogP contribution in [0.25, 0.3) is 0 Å². The summed E-state index contributed by atoms with van der Waals surface area (Å²) in [6.07, 6.45) is 3.26. The zero-order valence-corrected chi connectivity index (χ0v) is 18.4. The Morgan fingerprint density at radius 1 is 1.32 bits per heavy atom. The summed E-state index contributed by atoms with van der Waals surface area (Å²) in [7, 11) is 0. The molecule has 31 heavy (non-hydrogen) atoms. The molecule has 1 unspecified atom stereocenters. The first-order chi connectivity index (χ1) is 14.8. The van der Waals surface area contributed by atoms with Crippen LogP contribution in [-0.2, 0) is 14.9 Å². The van der Waals surface area contributed by atoms with Crippen molar-refractivity contribution in [1.29, 1.82) is 0 Å². The average Bonchev–Trinajstić information content (AvgIpc) is 2.99. The van der Waals surface area contributed by atoms with Gasteiger partial charge in [0.15, 0.2) is 0 Å². The van der Waals surface area contributed by atoms with Crippen LogP contribution < -0.4 is 5.32 Å². The molecule has 1 amide bonds. The molecule has 0 bridgehead atoms. The maximum Gasteiger partial charge on any atom is 0.235 e. The van der Waals surface area contributed by atoms with Crippen LogP contribution in [0.15, 0.2) is 28.2 Å². The smallest absolute Gasteiger partial charge is 0.235 e. The number of carbonyl (C=O) groups is 1. The quantitative estimate of drug-likeness (QED) is 0.733. The van der Waals surface area contributed by atoms with Gasteiger partial charge in [-0.05, 0) is 56.6 Å². The number of nitrogens with one attached hydrogen (secondary N) is 1. The van der Waals surface area contributed by atoms with Crippen LogP contribution >= 0.6 is 11.6 Å². The molecule has 1 spiro atoms. The molecule has 2 N–H and O–H groups in total. The normalized spacial score (nSPS) is 26.4. The number of aliphatic hydroxyl groups is 1. The number of piperidine rings is 1. The second-order valence-electron chi connectivity index (χ2n) is 9.25. The summed E-state index contributed by atoms with van der Waals surface area (Å²) in [5.74, 6) is 0.777. The molecule has 1 aromatic rings. The standard InChI is InChI=1S/C22H28ClN5O3/c1-21(30)13-28(14-21)20-24-11-16(12-25-20)31-9-8-27-6-4-22(5-7-27)17-10-15(23)2-3-18(17)26-19(22)29/h2-3,10-11,16,30H,4-9,12-14H2,1H3,(H,26,29). The Morgan fingerprint density at radius 3 is 2.77 bits per heavy atom. The lowest BCUT2D eigenvalue weighted by Gasteiger charge is -2.45. The number of hydrogen-bond donors (Lipinski definition) is 2. The van der Waals surface area contributed by atoms with Crippen LogP contribution in [0.5, 0.6) is 0 Å². The van der Waals surface area contributed by atoms with Crippen molar-refractivity contribution in [3.8, 4) is 0 Å². The molecule has 2 fully saturated rings. The van der Waals surface area contributed by atoms with Gasteiger partial charge in [-0.25, -0.2) is 9.98 Å². The van der Waals surface area contributed by atoms with E-state index in [-0.39, 0.29) is 12.0 Å². The van der Waals surface area contributed by atoms with E-state index >= 15 is 0 Å². The molecular formula is C22H28ClN5O3. The lowest BCUT2D eigenvalue weighted by Crippen LogP contribution is -2.61. The van der Waals surface area contributed by atoms with Crippen LogP contribution in [0.4, 0.5) is 5.69 Å². The number of ether oxygens (including phenoxy) is 1. The number of guanidine groups is 1. The molecular weight excluding hydrogens is 418 g/mol. The van der Waals surface area contributed by atoms with Gasteiger partial charge in [0.05, 0.1) is 37.3 Å². The monoisotopic (exact) mass is 445 g/mol. The number of carbonyl (C=O) groups excluding carboxylic acids is 1. The SMILES string of the molecule is CC1(O)CN(C2=NCC(OCCN3CCC4(CC3)C(=O)Nc3ccc(Cl)cc34)C=N2)C1. The number of likely N-dealkylation sites (tertiary alicyclic amines) is 2. The van der Waals surface area contributed by atoms with E-state index in [1.165, 1.54) is 0 Å². The van der Waals surface area contributed by atoms with Gasteiger partial charge in [0, 0.05) is 23.5 Å². The number of benzene rings is 1. The lowest BCUT2D eigenvalue weighted by molar-refractivity contribution is -0.122. The maximum absolute atomic E-state index is 12.7. The van der Waals surface area contributed by atoms with Gasteiger partial charge in [-0.2, -0.15) is 0 Å². The molecule has 8 nitrogen and oxygen atoms in total. The summed E-state index contributed by atoms with van der Waals surface area (Å²) < 4.78 is 5.95. The number of hydrogen-bond acceptors (Lipinski definition) is 7. The number of halogens is 1. The minimum Gasteiger partial charge on any atom is -0.386 e. The van der Waals surface area contributed by atoms with E-state index in [1.54, 1.807) is 0 Å². The maximum atomic E-state index is 12.7. The van der Waals surface area contributed by atoms with Gasteiger partial charge in [-0.1, -0.05) is 11.6 Å². The van der Waals surface area contributed by atoms with E-state index in [9.17, 15) is 9.90 Å². The molecule has 4 heterocycles. The van der Waals surface area contributed by atoms with Crippen molar-refractivity contribution in [1.82, 2.24) is 9.80 Å². The fourth-order valence-corrected chi connectivity index (χ4v) is 5.15. The van der Waals surface area contributed by atoms with Gasteiger partial charge < -0.3 is 25.0 Å². The van der Waals surface area contributed by atoms with Crippen LogP contribution in [0.1, 0.15) is 25.3 Å². The Labute approximate surface area is 186 Å². The van der Waals surface area contributed by atoms with Crippen LogP contribution in [-0.4, -0.2) is 90.6 Å². The second kappa shape index (κ2) is 7.85. The molecule has 1 atom stereocenters. The van der Waals surface area contributed by atoms with Crippen LogP contribution in [0.3, 0.4) is 0 Å². The number of amides is 1. The van der Waals surface area contributed by atoms with Crippen molar-refractivity contribution in [2.24, 2.45) is 9.98 Å². The number of nitrogens with zero attached hydrogens (tertiary/aromatic N) is 4. The van der Waals surface area contributed by atoms with Gasteiger partial charge in [0.1, 0.15) is 6.10 Å². The van der Waals surface area contributed by atoms with E-state index < -0.39 is 11.0 Å². The van der Waals surface area contributed by atoms with Gasteiger partial charge in [0.25, 0.3) is 0 Å². The van der Waals surface area contributed by atoms with Crippen molar-refractivity contribution in [3.63, 3.8) is 0 Å². The molecule has 0 radical (unpaired) electrons. The minimum absolute atomic E-state index is 0.0939. The third-order valence-electron chi connectivity index (χ3n) is 6.74. The molecule has 2 saturated heterocycles. The zero-order valence-electron chi connectivity index (χ0n) is 17.7. The molecule has 1 aromatic carbocycles. The van der Waals surface area contributed by atoms with Crippen molar-refractivity contribution in [2.45, 2.75) is 36.9 Å². The summed E-state index contributed by atoms with van der Waals surface area (Å²) in [5.41, 5.74) is 0.841. The lowest BCUT2D eigenvalue weighted by atomic mass is 9.73. The van der Waals surface area contributed by atoms with Crippen molar-refractivity contribution in [3.05, 3.63) is 28.8 Å². The highest BCUT2D eigenvalue weighted by Crippen LogP contribution is 2.45. The average molecular weight is 446 g/mol. The third kappa shape index (κ3) is 3.98. The van der Waals surface area contributed by atoms with Crippen LogP contribution in [0, 0.1) is 0 Å². The molecule has 0 saturated carbocycles. The summed E-state index contributed by atoms with van der Waals surface area (Å²) in [6.45, 7) is 6.62. The van der Waals surface area contributed by atoms with Crippen molar-refractivity contribution >= 4 is 35.4 Å². The second-order valence-corrected chi connectivity index (χ2v) is 9.69. The predicted octanol–water partition coefficient (Wildman–Crippen LogP) is 1.52. The van der Waals surface area contributed by atoms with E-state index in [2.05, 4.69) is 20.2 Å². The third-order valence-corrected chi connectivity index (χ3v) is 6.98. The highest BCUT2D eigenvalue weighted by Gasteiger charge is 2.48. The number of rotatable bonds is 4. The topological polar surface area (TPSA) is 89.8 Å². The molecule has 166 valence electrons. The molecule has 0 aliphatic carbocycles. The molecule has 4 aliphatic rings. The first kappa shape index (κ1) is 20.9. The first-order valence-corrected chi connectivity index (χ1v) is 11.2. The van der Waals surface area contributed by atoms with Crippen molar-refractivity contribution in [2.75, 3.05) is 51.2 Å².